The van der Waals surface area contributed by atoms with Crippen molar-refractivity contribution in [1.29, 1.82) is 0 Å². The van der Waals surface area contributed by atoms with Gasteiger partial charge in [0, 0.05) is 42.7 Å². The second-order valence-electron chi connectivity index (χ2n) is 4.43. The minimum Gasteiger partial charge on any atom is -0.334 e. The largest absolute Gasteiger partial charge is 0.334 e. The second-order valence-corrected chi connectivity index (χ2v) is 5.15. The fourth-order valence-corrected chi connectivity index (χ4v) is 2.95. The van der Waals surface area contributed by atoms with Crippen molar-refractivity contribution < 1.29 is 0 Å². The van der Waals surface area contributed by atoms with Crippen LogP contribution in [0.2, 0.25) is 0 Å². The van der Waals surface area contributed by atoms with Crippen molar-refractivity contribution in [3.05, 3.63) is 34.8 Å². The van der Waals surface area contributed by atoms with E-state index in [1.54, 1.807) is 11.3 Å². The number of hydrogen-bond donors (Lipinski definition) is 1. The number of thiazole rings is 1. The van der Waals surface area contributed by atoms with E-state index in [4.69, 9.17) is 0 Å². The molecule has 5 heteroatoms. The van der Waals surface area contributed by atoms with E-state index in [0.29, 0.717) is 5.92 Å². The molecule has 0 amide bonds. The second kappa shape index (κ2) is 4.98. The average Bonchev–Trinajstić information content (AvgIpc) is 3.09. The van der Waals surface area contributed by atoms with Gasteiger partial charge in [0.25, 0.3) is 0 Å². The Kier molecular flexibility index (Phi) is 3.20. The normalized spacial score (nSPS) is 19.9. The Bertz CT molecular complexity index is 457. The zero-order valence-corrected chi connectivity index (χ0v) is 10.5. The first-order chi connectivity index (χ1) is 8.43. The van der Waals surface area contributed by atoms with Crippen LogP contribution in [0.25, 0.3) is 0 Å². The van der Waals surface area contributed by atoms with Gasteiger partial charge in [-0.2, -0.15) is 0 Å². The van der Waals surface area contributed by atoms with Gasteiger partial charge in [-0.15, -0.1) is 11.3 Å². The van der Waals surface area contributed by atoms with Crippen molar-refractivity contribution in [2.45, 2.75) is 25.3 Å². The third kappa shape index (κ3) is 2.40. The first-order valence-corrected chi connectivity index (χ1v) is 6.95. The highest BCUT2D eigenvalue weighted by Crippen LogP contribution is 2.22. The number of nitrogens with one attached hydrogen (secondary N) is 1. The van der Waals surface area contributed by atoms with Crippen molar-refractivity contribution >= 4 is 11.3 Å². The van der Waals surface area contributed by atoms with Crippen molar-refractivity contribution in [3.63, 3.8) is 0 Å². The zero-order chi connectivity index (χ0) is 11.5. The molecule has 1 aliphatic heterocycles. The van der Waals surface area contributed by atoms with Gasteiger partial charge in [-0.1, -0.05) is 0 Å². The van der Waals surface area contributed by atoms with Gasteiger partial charge < -0.3 is 9.88 Å². The quantitative estimate of drug-likeness (QED) is 0.895. The molecule has 90 valence electrons. The molecule has 3 rings (SSSR count). The van der Waals surface area contributed by atoms with Crippen LogP contribution in [0.4, 0.5) is 0 Å². The predicted molar refractivity (Wildman–Crippen MR) is 68.3 cm³/mol. The van der Waals surface area contributed by atoms with Crippen LogP contribution in [0.1, 0.15) is 23.7 Å². The van der Waals surface area contributed by atoms with Crippen LogP contribution < -0.4 is 5.32 Å². The summed E-state index contributed by atoms with van der Waals surface area (Å²) in [4.78, 5) is 8.60. The van der Waals surface area contributed by atoms with Crippen LogP contribution in [0, 0.1) is 0 Å². The summed E-state index contributed by atoms with van der Waals surface area (Å²) in [6.07, 6.45) is 6.17. The van der Waals surface area contributed by atoms with Crippen molar-refractivity contribution in [3.8, 4) is 0 Å². The SMILES string of the molecule is c1nc(CCn2cncc2C2CCNC2)cs1. The summed E-state index contributed by atoms with van der Waals surface area (Å²) in [6, 6.07) is 0. The summed E-state index contributed by atoms with van der Waals surface area (Å²) in [5.74, 6) is 0.632. The lowest BCUT2D eigenvalue weighted by atomic mass is 10.1. The molecule has 17 heavy (non-hydrogen) atoms. The Balaban J connectivity index is 1.68. The Labute approximate surface area is 105 Å². The van der Waals surface area contributed by atoms with Gasteiger partial charge in [0.1, 0.15) is 0 Å². The average molecular weight is 248 g/mol. The number of aromatic nitrogens is 3. The molecule has 0 spiro atoms. The van der Waals surface area contributed by atoms with E-state index in [1.165, 1.54) is 17.8 Å². The van der Waals surface area contributed by atoms with Crippen molar-refractivity contribution in [2.24, 2.45) is 0 Å². The Morgan fingerprint density at radius 3 is 3.29 bits per heavy atom. The predicted octanol–water partition coefficient (Wildman–Crippen LogP) is 1.66. The maximum Gasteiger partial charge on any atom is 0.0948 e. The fourth-order valence-electron chi connectivity index (χ4n) is 2.36. The number of imidazole rings is 1. The summed E-state index contributed by atoms with van der Waals surface area (Å²) < 4.78 is 2.27. The van der Waals surface area contributed by atoms with Gasteiger partial charge in [-0.3, -0.25) is 0 Å². The van der Waals surface area contributed by atoms with Crippen LogP contribution in [-0.4, -0.2) is 27.6 Å². The fraction of sp³-hybridized carbons (Fsp3) is 0.500. The summed E-state index contributed by atoms with van der Waals surface area (Å²) in [5, 5.41) is 5.52. The molecule has 0 saturated carbocycles. The highest BCUT2D eigenvalue weighted by molar-refractivity contribution is 7.07. The monoisotopic (exact) mass is 248 g/mol. The van der Waals surface area contributed by atoms with Crippen LogP contribution in [-0.2, 0) is 13.0 Å². The molecule has 0 aromatic carbocycles. The first-order valence-electron chi connectivity index (χ1n) is 6.01. The van der Waals surface area contributed by atoms with E-state index in [0.717, 1.165) is 26.1 Å². The van der Waals surface area contributed by atoms with E-state index in [1.807, 2.05) is 18.0 Å². The third-order valence-electron chi connectivity index (χ3n) is 3.32. The van der Waals surface area contributed by atoms with Gasteiger partial charge in [0.05, 0.1) is 17.5 Å². The molecule has 1 unspecified atom stereocenters. The number of nitrogens with zero attached hydrogens (tertiary/aromatic N) is 3. The summed E-state index contributed by atoms with van der Waals surface area (Å²) >= 11 is 1.66. The van der Waals surface area contributed by atoms with E-state index in [-0.39, 0.29) is 0 Å². The van der Waals surface area contributed by atoms with Gasteiger partial charge >= 0.3 is 0 Å². The summed E-state index contributed by atoms with van der Waals surface area (Å²) in [7, 11) is 0. The van der Waals surface area contributed by atoms with Crippen LogP contribution in [0.15, 0.2) is 23.4 Å². The highest BCUT2D eigenvalue weighted by atomic mass is 32.1. The van der Waals surface area contributed by atoms with Gasteiger partial charge in [-0.05, 0) is 13.0 Å². The molecule has 4 nitrogen and oxygen atoms in total. The van der Waals surface area contributed by atoms with Crippen LogP contribution in [0.5, 0.6) is 0 Å². The molecule has 3 heterocycles. The lowest BCUT2D eigenvalue weighted by Crippen LogP contribution is -2.12. The minimum absolute atomic E-state index is 0.632. The molecule has 1 atom stereocenters. The smallest absolute Gasteiger partial charge is 0.0948 e. The maximum atomic E-state index is 4.32. The van der Waals surface area contributed by atoms with Crippen LogP contribution in [0.3, 0.4) is 0 Å². The third-order valence-corrected chi connectivity index (χ3v) is 3.95. The first kappa shape index (κ1) is 10.9. The van der Waals surface area contributed by atoms with Crippen molar-refractivity contribution in [2.75, 3.05) is 13.1 Å². The maximum absolute atomic E-state index is 4.32. The van der Waals surface area contributed by atoms with Gasteiger partial charge in [0.15, 0.2) is 0 Å². The van der Waals surface area contributed by atoms with E-state index in [9.17, 15) is 0 Å². The molecule has 0 aliphatic carbocycles. The molecule has 2 aromatic rings. The standard InChI is InChI=1S/C12H16N4S/c1-3-13-5-10(1)12-6-14-8-16(12)4-2-11-7-17-9-15-11/h6-10,13H,1-5H2. The van der Waals surface area contributed by atoms with Gasteiger partial charge in [0.2, 0.25) is 0 Å². The Morgan fingerprint density at radius 1 is 1.53 bits per heavy atom. The molecular weight excluding hydrogens is 232 g/mol. The molecule has 1 N–H and O–H groups in total. The summed E-state index contributed by atoms with van der Waals surface area (Å²) in [5.41, 5.74) is 4.44. The lowest BCUT2D eigenvalue weighted by Gasteiger charge is -2.12. The number of aryl methyl sites for hydroxylation is 2. The highest BCUT2D eigenvalue weighted by Gasteiger charge is 2.19. The van der Waals surface area contributed by atoms with E-state index >= 15 is 0 Å². The zero-order valence-electron chi connectivity index (χ0n) is 9.67. The molecule has 1 saturated heterocycles. The van der Waals surface area contributed by atoms with Gasteiger partial charge in [-0.25, -0.2) is 9.97 Å². The molecule has 0 bridgehead atoms. The molecule has 1 aliphatic rings. The molecular formula is C12H16N4S. The minimum atomic E-state index is 0.632. The molecule has 0 radical (unpaired) electrons. The number of hydrogen-bond acceptors (Lipinski definition) is 4. The van der Waals surface area contributed by atoms with Crippen LogP contribution >= 0.6 is 11.3 Å². The Morgan fingerprint density at radius 2 is 2.53 bits per heavy atom. The Hall–Kier alpha value is -1.20. The van der Waals surface area contributed by atoms with E-state index < -0.39 is 0 Å². The lowest BCUT2D eigenvalue weighted by molar-refractivity contribution is 0.609. The van der Waals surface area contributed by atoms with Crippen molar-refractivity contribution in [1.82, 2.24) is 19.9 Å². The molecule has 1 fully saturated rings. The van der Waals surface area contributed by atoms with E-state index in [2.05, 4.69) is 25.2 Å². The number of rotatable bonds is 4. The summed E-state index contributed by atoms with van der Waals surface area (Å²) in [6.45, 7) is 3.19. The molecule has 2 aromatic heterocycles. The topological polar surface area (TPSA) is 42.7 Å².